The van der Waals surface area contributed by atoms with Crippen LogP contribution in [0.5, 0.6) is 0 Å². The smallest absolute Gasteiger partial charge is 0.303 e. The van der Waals surface area contributed by atoms with Crippen LogP contribution in [-0.2, 0) is 9.59 Å². The Morgan fingerprint density at radius 1 is 1.25 bits per heavy atom. The van der Waals surface area contributed by atoms with E-state index in [2.05, 4.69) is 31.2 Å². The molecule has 1 amide bonds. The summed E-state index contributed by atoms with van der Waals surface area (Å²) in [5, 5.41) is 11.7. The SMILES string of the molecule is O=C(O)CC1(CC(=O)Nc2cnc(Br)cn2)CCCC1. The lowest BCUT2D eigenvalue weighted by atomic mass is 9.79. The van der Waals surface area contributed by atoms with Gasteiger partial charge in [0.25, 0.3) is 0 Å². The summed E-state index contributed by atoms with van der Waals surface area (Å²) in [6, 6.07) is 0. The number of aromatic nitrogens is 2. The van der Waals surface area contributed by atoms with Gasteiger partial charge in [-0.2, -0.15) is 0 Å². The Bertz CT molecular complexity index is 498. The zero-order valence-electron chi connectivity index (χ0n) is 10.9. The van der Waals surface area contributed by atoms with Gasteiger partial charge in [0.1, 0.15) is 4.60 Å². The van der Waals surface area contributed by atoms with E-state index in [1.165, 1.54) is 12.4 Å². The number of anilines is 1. The Labute approximate surface area is 125 Å². The van der Waals surface area contributed by atoms with Crippen LogP contribution >= 0.6 is 15.9 Å². The molecule has 108 valence electrons. The molecule has 0 spiro atoms. The van der Waals surface area contributed by atoms with E-state index in [4.69, 9.17) is 5.11 Å². The minimum Gasteiger partial charge on any atom is -0.481 e. The molecule has 2 rings (SSSR count). The summed E-state index contributed by atoms with van der Waals surface area (Å²) in [6.07, 6.45) is 6.77. The van der Waals surface area contributed by atoms with E-state index in [9.17, 15) is 9.59 Å². The second-order valence-electron chi connectivity index (χ2n) is 5.23. The van der Waals surface area contributed by atoms with Gasteiger partial charge < -0.3 is 10.4 Å². The molecule has 0 aliphatic heterocycles. The first-order chi connectivity index (χ1) is 9.49. The molecule has 0 aromatic carbocycles. The van der Waals surface area contributed by atoms with E-state index in [0.29, 0.717) is 10.4 Å². The van der Waals surface area contributed by atoms with E-state index in [1.807, 2.05) is 0 Å². The highest BCUT2D eigenvalue weighted by atomic mass is 79.9. The third kappa shape index (κ3) is 4.00. The topological polar surface area (TPSA) is 92.2 Å². The van der Waals surface area contributed by atoms with Crippen LogP contribution in [0.2, 0.25) is 0 Å². The van der Waals surface area contributed by atoms with Crippen LogP contribution in [0.15, 0.2) is 17.0 Å². The highest BCUT2D eigenvalue weighted by molar-refractivity contribution is 9.10. The van der Waals surface area contributed by atoms with Gasteiger partial charge >= 0.3 is 5.97 Å². The summed E-state index contributed by atoms with van der Waals surface area (Å²) in [4.78, 5) is 31.0. The first-order valence-corrected chi connectivity index (χ1v) is 7.28. The fourth-order valence-electron chi connectivity index (χ4n) is 2.77. The van der Waals surface area contributed by atoms with Crippen molar-refractivity contribution in [1.82, 2.24) is 9.97 Å². The van der Waals surface area contributed by atoms with Gasteiger partial charge in [0.15, 0.2) is 5.82 Å². The van der Waals surface area contributed by atoms with Crippen LogP contribution in [0.3, 0.4) is 0 Å². The summed E-state index contributed by atoms with van der Waals surface area (Å²) in [5.74, 6) is -0.672. The highest BCUT2D eigenvalue weighted by Gasteiger charge is 2.38. The molecule has 1 aliphatic rings. The number of rotatable bonds is 5. The molecule has 0 saturated heterocycles. The van der Waals surface area contributed by atoms with Gasteiger partial charge in [0, 0.05) is 6.42 Å². The number of halogens is 1. The number of hydrogen-bond donors (Lipinski definition) is 2. The lowest BCUT2D eigenvalue weighted by Crippen LogP contribution is -2.28. The van der Waals surface area contributed by atoms with E-state index < -0.39 is 11.4 Å². The average molecular weight is 342 g/mol. The lowest BCUT2D eigenvalue weighted by molar-refractivity contribution is -0.140. The average Bonchev–Trinajstić information content (AvgIpc) is 2.79. The third-order valence-corrected chi connectivity index (χ3v) is 4.02. The van der Waals surface area contributed by atoms with Crippen molar-refractivity contribution in [3.05, 3.63) is 17.0 Å². The largest absolute Gasteiger partial charge is 0.481 e. The molecule has 1 heterocycles. The van der Waals surface area contributed by atoms with Crippen molar-refractivity contribution in [3.8, 4) is 0 Å². The summed E-state index contributed by atoms with van der Waals surface area (Å²) >= 11 is 3.17. The van der Waals surface area contributed by atoms with Gasteiger partial charge in [-0.3, -0.25) is 9.59 Å². The Morgan fingerprint density at radius 3 is 2.50 bits per heavy atom. The molecule has 0 radical (unpaired) electrons. The van der Waals surface area contributed by atoms with Gasteiger partial charge in [0.2, 0.25) is 5.91 Å². The molecular weight excluding hydrogens is 326 g/mol. The van der Waals surface area contributed by atoms with Gasteiger partial charge in [-0.25, -0.2) is 9.97 Å². The monoisotopic (exact) mass is 341 g/mol. The minimum atomic E-state index is -0.844. The molecule has 1 aromatic rings. The van der Waals surface area contributed by atoms with Crippen molar-refractivity contribution >= 4 is 33.6 Å². The minimum absolute atomic E-state index is 0.0481. The maximum atomic E-state index is 12.1. The van der Waals surface area contributed by atoms with Crippen molar-refractivity contribution in [2.75, 3.05) is 5.32 Å². The van der Waals surface area contributed by atoms with E-state index in [1.54, 1.807) is 0 Å². The van der Waals surface area contributed by atoms with Crippen LogP contribution in [0.25, 0.3) is 0 Å². The number of nitrogens with zero attached hydrogens (tertiary/aromatic N) is 2. The summed E-state index contributed by atoms with van der Waals surface area (Å²) in [5.41, 5.74) is -0.404. The highest BCUT2D eigenvalue weighted by Crippen LogP contribution is 2.44. The predicted molar refractivity (Wildman–Crippen MR) is 76.1 cm³/mol. The molecule has 0 atom stereocenters. The Hall–Kier alpha value is -1.50. The van der Waals surface area contributed by atoms with Crippen molar-refractivity contribution in [1.29, 1.82) is 0 Å². The molecule has 6 nitrogen and oxygen atoms in total. The van der Waals surface area contributed by atoms with Gasteiger partial charge in [-0.05, 0) is 34.2 Å². The first-order valence-electron chi connectivity index (χ1n) is 6.48. The molecule has 0 unspecified atom stereocenters. The fourth-order valence-corrected chi connectivity index (χ4v) is 2.97. The first kappa shape index (κ1) is 14.9. The number of aliphatic carboxylic acids is 1. The maximum Gasteiger partial charge on any atom is 0.303 e. The van der Waals surface area contributed by atoms with E-state index >= 15 is 0 Å². The number of carbonyl (C=O) groups is 2. The van der Waals surface area contributed by atoms with E-state index in [0.717, 1.165) is 25.7 Å². The van der Waals surface area contributed by atoms with Gasteiger partial charge in [-0.1, -0.05) is 12.8 Å². The molecule has 0 bridgehead atoms. The molecule has 1 fully saturated rings. The zero-order chi connectivity index (χ0) is 14.6. The second-order valence-corrected chi connectivity index (χ2v) is 6.04. The lowest BCUT2D eigenvalue weighted by Gasteiger charge is -2.26. The molecule has 1 aliphatic carbocycles. The van der Waals surface area contributed by atoms with Crippen molar-refractivity contribution in [2.45, 2.75) is 38.5 Å². The molecule has 20 heavy (non-hydrogen) atoms. The third-order valence-electron chi connectivity index (χ3n) is 3.61. The number of amides is 1. The quantitative estimate of drug-likeness (QED) is 0.858. The van der Waals surface area contributed by atoms with Crippen LogP contribution in [0.4, 0.5) is 5.82 Å². The number of nitrogens with one attached hydrogen (secondary N) is 1. The second kappa shape index (κ2) is 6.30. The Balaban J connectivity index is 1.98. The number of carboxylic acids is 1. The molecule has 7 heteroatoms. The summed E-state index contributed by atoms with van der Waals surface area (Å²) in [6.45, 7) is 0. The summed E-state index contributed by atoms with van der Waals surface area (Å²) < 4.78 is 0.591. The molecular formula is C13H16BrN3O3. The zero-order valence-corrected chi connectivity index (χ0v) is 12.5. The van der Waals surface area contributed by atoms with Gasteiger partial charge in [0.05, 0.1) is 18.8 Å². The number of carboxylic acid groups (broad SMARTS) is 1. The summed E-state index contributed by atoms with van der Waals surface area (Å²) in [7, 11) is 0. The van der Waals surface area contributed by atoms with Gasteiger partial charge in [-0.15, -0.1) is 0 Å². The van der Waals surface area contributed by atoms with Crippen molar-refractivity contribution in [3.63, 3.8) is 0 Å². The van der Waals surface area contributed by atoms with Crippen molar-refractivity contribution in [2.24, 2.45) is 5.41 Å². The van der Waals surface area contributed by atoms with Crippen LogP contribution in [0.1, 0.15) is 38.5 Å². The normalized spacial score (nSPS) is 16.9. The molecule has 2 N–H and O–H groups in total. The Morgan fingerprint density at radius 2 is 1.95 bits per heavy atom. The van der Waals surface area contributed by atoms with Crippen LogP contribution in [0, 0.1) is 5.41 Å². The Kier molecular flexibility index (Phi) is 4.69. The number of hydrogen-bond acceptors (Lipinski definition) is 4. The molecule has 1 saturated carbocycles. The van der Waals surface area contributed by atoms with Crippen LogP contribution in [-0.4, -0.2) is 27.0 Å². The van der Waals surface area contributed by atoms with E-state index in [-0.39, 0.29) is 18.7 Å². The fraction of sp³-hybridized carbons (Fsp3) is 0.538. The van der Waals surface area contributed by atoms with Crippen molar-refractivity contribution < 1.29 is 14.7 Å². The van der Waals surface area contributed by atoms with Crippen LogP contribution < -0.4 is 5.32 Å². The number of carbonyl (C=O) groups excluding carboxylic acids is 1. The predicted octanol–water partition coefficient (Wildman–Crippen LogP) is 2.60. The standard InChI is InChI=1S/C13H16BrN3O3/c14-9-7-16-10(8-15-9)17-11(18)5-13(6-12(19)20)3-1-2-4-13/h7-8H,1-6H2,(H,19,20)(H,16,17,18). The maximum absolute atomic E-state index is 12.1. The molecule has 1 aromatic heterocycles.